The molecule has 0 aliphatic carbocycles. The number of nitrogens with zero attached hydrogens (tertiary/aromatic N) is 6. The number of ether oxygens (including phenoxy) is 1. The zero-order chi connectivity index (χ0) is 25.6. The molecular formula is C26H30N8O2S. The van der Waals surface area contributed by atoms with E-state index in [1.165, 1.54) is 10.9 Å². The Morgan fingerprint density at radius 3 is 2.76 bits per heavy atom. The first-order chi connectivity index (χ1) is 18.1. The Bertz CT molecular complexity index is 1260. The Morgan fingerprint density at radius 2 is 2.03 bits per heavy atom. The van der Waals surface area contributed by atoms with Crippen LogP contribution in [0.15, 0.2) is 36.7 Å². The van der Waals surface area contributed by atoms with Crippen LogP contribution in [0.3, 0.4) is 0 Å². The lowest BCUT2D eigenvalue weighted by Crippen LogP contribution is -2.39. The van der Waals surface area contributed by atoms with Crippen molar-refractivity contribution in [1.82, 2.24) is 25.2 Å². The summed E-state index contributed by atoms with van der Waals surface area (Å²) in [6.07, 6.45) is 5.75. The molecule has 10 nitrogen and oxygen atoms in total. The average molecular weight is 519 g/mol. The van der Waals surface area contributed by atoms with Gasteiger partial charge in [-0.1, -0.05) is 6.07 Å². The number of nitrogens with one attached hydrogen (secondary N) is 1. The van der Waals surface area contributed by atoms with E-state index in [2.05, 4.69) is 31.2 Å². The number of piperidine rings is 1. The fraction of sp³-hybridized carbons (Fsp3) is 0.423. The summed E-state index contributed by atoms with van der Waals surface area (Å²) in [4.78, 5) is 32.0. The van der Waals surface area contributed by atoms with Gasteiger partial charge in [0.2, 0.25) is 0 Å². The topological polar surface area (TPSA) is 133 Å². The Balaban J connectivity index is 1.12. The molecule has 2 aliphatic rings. The largest absolute Gasteiger partial charge is 0.397 e. The van der Waals surface area contributed by atoms with E-state index in [4.69, 9.17) is 10.5 Å². The molecule has 11 heteroatoms. The predicted octanol–water partition coefficient (Wildman–Crippen LogP) is 2.53. The van der Waals surface area contributed by atoms with Crippen molar-refractivity contribution in [3.8, 4) is 16.8 Å². The molecule has 3 N–H and O–H groups in total. The summed E-state index contributed by atoms with van der Waals surface area (Å²) in [5.74, 6) is 0.596. The van der Waals surface area contributed by atoms with Crippen molar-refractivity contribution in [3.05, 3.63) is 52.8 Å². The number of aromatic nitrogens is 3. The molecule has 2 saturated heterocycles. The molecule has 0 aromatic carbocycles. The number of nitrogen functional groups attached to an aromatic ring is 1. The molecule has 0 radical (unpaired) electrons. The van der Waals surface area contributed by atoms with Gasteiger partial charge in [-0.3, -0.25) is 14.7 Å². The van der Waals surface area contributed by atoms with Gasteiger partial charge in [0.1, 0.15) is 28.2 Å². The summed E-state index contributed by atoms with van der Waals surface area (Å²) in [6, 6.07) is 9.48. The van der Waals surface area contributed by atoms with Crippen LogP contribution < -0.4 is 16.0 Å². The fourth-order valence-electron chi connectivity index (χ4n) is 4.67. The summed E-state index contributed by atoms with van der Waals surface area (Å²) in [5, 5.41) is 13.5. The van der Waals surface area contributed by atoms with Crippen molar-refractivity contribution in [2.45, 2.75) is 19.4 Å². The molecule has 5 rings (SSSR count). The molecule has 0 atom stereocenters. The molecule has 192 valence electrons. The number of carbonyl (C=O) groups excluding carboxylic acids is 1. The van der Waals surface area contributed by atoms with E-state index in [0.717, 1.165) is 43.2 Å². The highest BCUT2D eigenvalue weighted by atomic mass is 32.1. The van der Waals surface area contributed by atoms with Gasteiger partial charge >= 0.3 is 0 Å². The minimum atomic E-state index is -0.264. The SMILES string of the molecule is N#Cc1c(N)cc(C(=O)NCC2CCN(Cc3cnc(-c4ccccn4)s3)CC2)nc1N1CCOCC1. The molecular weight excluding hydrogens is 488 g/mol. The van der Waals surface area contributed by atoms with Crippen LogP contribution in [0.5, 0.6) is 0 Å². The smallest absolute Gasteiger partial charge is 0.270 e. The molecule has 0 saturated carbocycles. The minimum absolute atomic E-state index is 0.240. The number of amides is 1. The highest BCUT2D eigenvalue weighted by Gasteiger charge is 2.24. The molecule has 0 spiro atoms. The summed E-state index contributed by atoms with van der Waals surface area (Å²) in [7, 11) is 0. The van der Waals surface area contributed by atoms with Crippen LogP contribution in [0, 0.1) is 17.2 Å². The van der Waals surface area contributed by atoms with Gasteiger partial charge in [0.05, 0.1) is 24.6 Å². The first-order valence-corrected chi connectivity index (χ1v) is 13.3. The number of anilines is 2. The Kier molecular flexibility index (Phi) is 7.89. The minimum Gasteiger partial charge on any atom is -0.397 e. The van der Waals surface area contributed by atoms with Gasteiger partial charge in [0.15, 0.2) is 0 Å². The lowest BCUT2D eigenvalue weighted by molar-refractivity contribution is 0.0930. The van der Waals surface area contributed by atoms with Crippen molar-refractivity contribution in [3.63, 3.8) is 0 Å². The average Bonchev–Trinajstić information content (AvgIpc) is 3.41. The zero-order valence-corrected chi connectivity index (χ0v) is 21.4. The molecule has 3 aromatic rings. The molecule has 0 unspecified atom stereocenters. The molecule has 2 aliphatic heterocycles. The number of nitriles is 1. The molecule has 0 bridgehead atoms. The number of pyridine rings is 2. The second-order valence-electron chi connectivity index (χ2n) is 9.28. The maximum absolute atomic E-state index is 12.9. The number of thiazole rings is 1. The Labute approximate surface area is 220 Å². The van der Waals surface area contributed by atoms with E-state index in [1.807, 2.05) is 29.3 Å². The zero-order valence-electron chi connectivity index (χ0n) is 20.6. The van der Waals surface area contributed by atoms with Crippen LogP contribution in [0.4, 0.5) is 11.5 Å². The van der Waals surface area contributed by atoms with Gasteiger partial charge in [-0.15, -0.1) is 11.3 Å². The van der Waals surface area contributed by atoms with Crippen LogP contribution in [0.1, 0.15) is 33.8 Å². The monoisotopic (exact) mass is 518 g/mol. The van der Waals surface area contributed by atoms with E-state index in [1.54, 1.807) is 17.5 Å². The number of hydrogen-bond acceptors (Lipinski definition) is 10. The number of likely N-dealkylation sites (tertiary alicyclic amines) is 1. The standard InChI is InChI=1S/C26H30N8O2S/c27-14-20-21(28)13-23(32-24(20)34-9-11-36-12-10-34)25(35)30-15-18-4-7-33(8-5-18)17-19-16-31-26(37-19)22-3-1-2-6-29-22/h1-3,6,13,16,18H,4-5,7-12,15,17H2,(H2,28,32)(H,30,35). The van der Waals surface area contributed by atoms with Crippen LogP contribution >= 0.6 is 11.3 Å². The lowest BCUT2D eigenvalue weighted by Gasteiger charge is -2.31. The van der Waals surface area contributed by atoms with Crippen molar-refractivity contribution < 1.29 is 9.53 Å². The van der Waals surface area contributed by atoms with Crippen LogP contribution in [-0.2, 0) is 11.3 Å². The second kappa shape index (κ2) is 11.6. The first kappa shape index (κ1) is 25.1. The Morgan fingerprint density at radius 1 is 1.22 bits per heavy atom. The van der Waals surface area contributed by atoms with Gasteiger partial charge in [-0.25, -0.2) is 9.97 Å². The van der Waals surface area contributed by atoms with E-state index in [0.29, 0.717) is 50.1 Å². The van der Waals surface area contributed by atoms with Gasteiger partial charge in [0.25, 0.3) is 5.91 Å². The van der Waals surface area contributed by atoms with E-state index >= 15 is 0 Å². The third kappa shape index (κ3) is 6.05. The summed E-state index contributed by atoms with van der Waals surface area (Å²) >= 11 is 1.69. The van der Waals surface area contributed by atoms with E-state index in [9.17, 15) is 10.1 Å². The fourth-order valence-corrected chi connectivity index (χ4v) is 5.60. The van der Waals surface area contributed by atoms with Gasteiger partial charge in [-0.05, 0) is 50.0 Å². The van der Waals surface area contributed by atoms with Crippen molar-refractivity contribution in [2.24, 2.45) is 5.92 Å². The third-order valence-electron chi connectivity index (χ3n) is 6.76. The van der Waals surface area contributed by atoms with E-state index in [-0.39, 0.29) is 17.3 Å². The van der Waals surface area contributed by atoms with E-state index < -0.39 is 0 Å². The van der Waals surface area contributed by atoms with Crippen LogP contribution in [0.2, 0.25) is 0 Å². The van der Waals surface area contributed by atoms with Gasteiger partial charge in [0, 0.05) is 43.4 Å². The number of hydrogen-bond donors (Lipinski definition) is 2. The predicted molar refractivity (Wildman–Crippen MR) is 142 cm³/mol. The van der Waals surface area contributed by atoms with Crippen molar-refractivity contribution >= 4 is 28.7 Å². The number of nitrogens with two attached hydrogens (primary N) is 1. The number of morpholine rings is 1. The summed E-state index contributed by atoms with van der Waals surface area (Å²) in [5.41, 5.74) is 7.84. The van der Waals surface area contributed by atoms with Crippen molar-refractivity contribution in [1.29, 1.82) is 5.26 Å². The van der Waals surface area contributed by atoms with Crippen LogP contribution in [-0.4, -0.2) is 71.7 Å². The molecule has 3 aromatic heterocycles. The first-order valence-electron chi connectivity index (χ1n) is 12.5. The number of rotatable bonds is 7. The normalized spacial score (nSPS) is 16.9. The van der Waals surface area contributed by atoms with Crippen molar-refractivity contribution in [2.75, 3.05) is 56.6 Å². The van der Waals surface area contributed by atoms with Gasteiger partial charge in [-0.2, -0.15) is 5.26 Å². The second-order valence-corrected chi connectivity index (χ2v) is 10.4. The maximum Gasteiger partial charge on any atom is 0.270 e. The highest BCUT2D eigenvalue weighted by Crippen LogP contribution is 2.27. The Hall–Kier alpha value is -3.59. The quantitative estimate of drug-likeness (QED) is 0.484. The summed E-state index contributed by atoms with van der Waals surface area (Å²) in [6.45, 7) is 5.73. The van der Waals surface area contributed by atoms with Gasteiger partial charge < -0.3 is 20.7 Å². The summed E-state index contributed by atoms with van der Waals surface area (Å²) < 4.78 is 5.40. The lowest BCUT2D eigenvalue weighted by atomic mass is 9.96. The highest BCUT2D eigenvalue weighted by molar-refractivity contribution is 7.14. The van der Waals surface area contributed by atoms with Crippen LogP contribution in [0.25, 0.3) is 10.7 Å². The molecule has 2 fully saturated rings. The molecule has 37 heavy (non-hydrogen) atoms. The molecule has 5 heterocycles. The number of carbonyl (C=O) groups is 1. The molecule has 1 amide bonds. The maximum atomic E-state index is 12.9. The third-order valence-corrected chi connectivity index (χ3v) is 7.77.